The Hall–Kier alpha value is -2.56. The largest absolute Gasteiger partial charge is 0.463 e. The molecule has 0 unspecified atom stereocenters. The minimum Gasteiger partial charge on any atom is -0.463 e. The maximum Gasteiger partial charge on any atom is 0.303 e. The van der Waals surface area contributed by atoms with E-state index in [1.165, 1.54) is 37.5 Å². The molecule has 0 spiro atoms. The van der Waals surface area contributed by atoms with Gasteiger partial charge in [-0.2, -0.15) is 0 Å². The van der Waals surface area contributed by atoms with Crippen molar-refractivity contribution in [3.8, 4) is 0 Å². The van der Waals surface area contributed by atoms with E-state index in [4.69, 9.17) is 47.9 Å². The molecule has 0 radical (unpaired) electrons. The van der Waals surface area contributed by atoms with Crippen LogP contribution in [0, 0.1) is 0 Å². The molecule has 2 heterocycles. The molecule has 1 aromatic carbocycles. The molecule has 3 rings (SSSR count). The van der Waals surface area contributed by atoms with Crippen molar-refractivity contribution in [3.05, 3.63) is 22.2 Å². The fraction of sp³-hybridized carbons (Fsp3) is 0.444. The first-order valence-electron chi connectivity index (χ1n) is 8.84. The van der Waals surface area contributed by atoms with Gasteiger partial charge >= 0.3 is 17.9 Å². The Labute approximate surface area is 181 Å². The summed E-state index contributed by atoms with van der Waals surface area (Å²) in [4.78, 5) is 38.9. The van der Waals surface area contributed by atoms with Crippen LogP contribution in [0.15, 0.2) is 12.1 Å². The first-order chi connectivity index (χ1) is 14.1. The van der Waals surface area contributed by atoms with E-state index < -0.39 is 42.4 Å². The molecule has 1 aliphatic heterocycles. The van der Waals surface area contributed by atoms with Crippen LogP contribution in [-0.2, 0) is 33.3 Å². The molecular formula is C18H19Cl2N3O7. The van der Waals surface area contributed by atoms with Gasteiger partial charge in [0.15, 0.2) is 18.4 Å². The van der Waals surface area contributed by atoms with Crippen molar-refractivity contribution < 1.29 is 33.3 Å². The topological polar surface area (TPSA) is 132 Å². The summed E-state index contributed by atoms with van der Waals surface area (Å²) in [5.41, 5.74) is 6.98. The Kier molecular flexibility index (Phi) is 6.39. The van der Waals surface area contributed by atoms with E-state index in [-0.39, 0.29) is 22.6 Å². The summed E-state index contributed by atoms with van der Waals surface area (Å²) < 4.78 is 23.2. The lowest BCUT2D eigenvalue weighted by Gasteiger charge is -2.24. The Balaban J connectivity index is 2.09. The number of aromatic nitrogens is 2. The van der Waals surface area contributed by atoms with Crippen LogP contribution in [0.5, 0.6) is 0 Å². The second kappa shape index (κ2) is 8.66. The Morgan fingerprint density at radius 3 is 2.27 bits per heavy atom. The van der Waals surface area contributed by atoms with Gasteiger partial charge in [0.05, 0.1) is 21.1 Å². The summed E-state index contributed by atoms with van der Waals surface area (Å²) >= 11 is 12.2. The standard InChI is InChI=1S/C18H19Cl2N3O7/c1-7(24)27-6-14-15(28-8(2)25)16(29-9(3)26)17(30-14)23-13-5-11(20)10(19)4-12(13)22-18(23)21/h4-5,14-17H,6H2,1-3H3,(H2,21,22)/t14-,15-,16-,17-/m1/s1. The van der Waals surface area contributed by atoms with E-state index in [0.29, 0.717) is 11.0 Å². The van der Waals surface area contributed by atoms with Crippen molar-refractivity contribution in [2.75, 3.05) is 12.3 Å². The average Bonchev–Trinajstić information content (AvgIpc) is 3.10. The average molecular weight is 460 g/mol. The first kappa shape index (κ1) is 22.1. The number of nitrogen functional groups attached to an aromatic ring is 1. The van der Waals surface area contributed by atoms with E-state index in [1.807, 2.05) is 0 Å². The second-order valence-electron chi connectivity index (χ2n) is 6.61. The van der Waals surface area contributed by atoms with E-state index >= 15 is 0 Å². The Morgan fingerprint density at radius 2 is 1.67 bits per heavy atom. The zero-order valence-electron chi connectivity index (χ0n) is 16.3. The molecule has 1 saturated heterocycles. The number of carbonyl (C=O) groups is 3. The van der Waals surface area contributed by atoms with Crippen LogP contribution in [0.25, 0.3) is 11.0 Å². The number of fused-ring (bicyclic) bond motifs is 1. The summed E-state index contributed by atoms with van der Waals surface area (Å²) in [5.74, 6) is -1.79. The van der Waals surface area contributed by atoms with Crippen LogP contribution < -0.4 is 5.73 Å². The summed E-state index contributed by atoms with van der Waals surface area (Å²) in [6, 6.07) is 3.07. The number of imidazole rings is 1. The number of esters is 3. The fourth-order valence-electron chi connectivity index (χ4n) is 3.28. The van der Waals surface area contributed by atoms with Gasteiger partial charge in [-0.15, -0.1) is 0 Å². The summed E-state index contributed by atoms with van der Waals surface area (Å²) in [6.45, 7) is 3.39. The number of carbonyl (C=O) groups excluding carboxylic acids is 3. The first-order valence-corrected chi connectivity index (χ1v) is 9.59. The lowest BCUT2D eigenvalue weighted by molar-refractivity contribution is -0.166. The fourth-order valence-corrected chi connectivity index (χ4v) is 3.59. The zero-order valence-corrected chi connectivity index (χ0v) is 17.8. The molecule has 12 heteroatoms. The van der Waals surface area contributed by atoms with Crippen LogP contribution in [0.1, 0.15) is 27.0 Å². The number of nitrogens with two attached hydrogens (primary N) is 1. The van der Waals surface area contributed by atoms with Gasteiger partial charge in [-0.3, -0.25) is 19.0 Å². The van der Waals surface area contributed by atoms with Crippen molar-refractivity contribution in [1.29, 1.82) is 0 Å². The van der Waals surface area contributed by atoms with Gasteiger partial charge in [0.1, 0.15) is 12.7 Å². The van der Waals surface area contributed by atoms with E-state index in [9.17, 15) is 14.4 Å². The number of benzene rings is 1. The predicted octanol–water partition coefficient (Wildman–Crippen LogP) is 2.25. The zero-order chi connectivity index (χ0) is 22.2. The van der Waals surface area contributed by atoms with Gasteiger partial charge in [0.25, 0.3) is 0 Å². The van der Waals surface area contributed by atoms with Crippen LogP contribution in [0.4, 0.5) is 5.95 Å². The molecule has 30 heavy (non-hydrogen) atoms. The minimum absolute atomic E-state index is 0.0280. The lowest BCUT2D eigenvalue weighted by Crippen LogP contribution is -2.40. The quantitative estimate of drug-likeness (QED) is 0.527. The summed E-state index contributed by atoms with van der Waals surface area (Å²) in [6.07, 6.45) is -4.12. The molecule has 2 N–H and O–H groups in total. The Bertz CT molecular complexity index is 1010. The maximum absolute atomic E-state index is 11.8. The highest BCUT2D eigenvalue weighted by Gasteiger charge is 2.51. The highest BCUT2D eigenvalue weighted by molar-refractivity contribution is 6.42. The Morgan fingerprint density at radius 1 is 1.07 bits per heavy atom. The van der Waals surface area contributed by atoms with Gasteiger partial charge in [-0.1, -0.05) is 23.2 Å². The van der Waals surface area contributed by atoms with Crippen LogP contribution >= 0.6 is 23.2 Å². The number of halogens is 2. The van der Waals surface area contributed by atoms with Gasteiger partial charge in [-0.05, 0) is 12.1 Å². The van der Waals surface area contributed by atoms with Gasteiger partial charge in [-0.25, -0.2) is 4.98 Å². The van der Waals surface area contributed by atoms with E-state index in [1.54, 1.807) is 0 Å². The predicted molar refractivity (Wildman–Crippen MR) is 106 cm³/mol. The lowest BCUT2D eigenvalue weighted by atomic mass is 10.1. The molecule has 1 aliphatic rings. The normalized spacial score (nSPS) is 23.4. The molecule has 0 bridgehead atoms. The van der Waals surface area contributed by atoms with Gasteiger partial charge in [0.2, 0.25) is 5.95 Å². The second-order valence-corrected chi connectivity index (χ2v) is 7.43. The van der Waals surface area contributed by atoms with Crippen molar-refractivity contribution in [2.45, 2.75) is 45.3 Å². The molecule has 0 aliphatic carbocycles. The third-order valence-corrected chi connectivity index (χ3v) is 5.08. The monoisotopic (exact) mass is 459 g/mol. The molecule has 1 fully saturated rings. The van der Waals surface area contributed by atoms with Gasteiger partial charge in [0, 0.05) is 20.8 Å². The number of ether oxygens (including phenoxy) is 4. The van der Waals surface area contributed by atoms with E-state index in [0.717, 1.165) is 0 Å². The molecule has 0 amide bonds. The van der Waals surface area contributed by atoms with E-state index in [2.05, 4.69) is 4.98 Å². The number of rotatable bonds is 5. The van der Waals surface area contributed by atoms with Crippen LogP contribution in [-0.4, -0.2) is 52.4 Å². The molecule has 4 atom stereocenters. The summed E-state index contributed by atoms with van der Waals surface area (Å²) in [7, 11) is 0. The number of nitrogens with zero attached hydrogens (tertiary/aromatic N) is 2. The van der Waals surface area contributed by atoms with Gasteiger partial charge < -0.3 is 24.7 Å². The number of hydrogen-bond donors (Lipinski definition) is 1. The smallest absolute Gasteiger partial charge is 0.303 e. The molecule has 10 nitrogen and oxygen atoms in total. The molecule has 162 valence electrons. The van der Waals surface area contributed by atoms with Crippen molar-refractivity contribution in [1.82, 2.24) is 9.55 Å². The van der Waals surface area contributed by atoms with Crippen LogP contribution in [0.3, 0.4) is 0 Å². The molecule has 0 saturated carbocycles. The van der Waals surface area contributed by atoms with Crippen molar-refractivity contribution in [3.63, 3.8) is 0 Å². The minimum atomic E-state index is -1.10. The molecular weight excluding hydrogens is 441 g/mol. The molecule has 1 aromatic heterocycles. The summed E-state index contributed by atoms with van der Waals surface area (Å²) in [5, 5.41) is 0.531. The molecule has 2 aromatic rings. The number of hydrogen-bond acceptors (Lipinski definition) is 9. The number of anilines is 1. The van der Waals surface area contributed by atoms with Crippen molar-refractivity contribution >= 4 is 58.1 Å². The highest BCUT2D eigenvalue weighted by atomic mass is 35.5. The SMILES string of the molecule is CC(=O)OC[C@H]1O[C@@H](n2c(N)nc3cc(Cl)c(Cl)cc32)[C@H](OC(C)=O)[C@@H]1OC(C)=O. The van der Waals surface area contributed by atoms with Crippen molar-refractivity contribution in [2.24, 2.45) is 0 Å². The third-order valence-electron chi connectivity index (χ3n) is 4.35. The third kappa shape index (κ3) is 4.45. The van der Waals surface area contributed by atoms with Crippen LogP contribution in [0.2, 0.25) is 10.0 Å². The maximum atomic E-state index is 11.8. The highest BCUT2D eigenvalue weighted by Crippen LogP contribution is 2.39.